The summed E-state index contributed by atoms with van der Waals surface area (Å²) in [4.78, 5) is 0. The van der Waals surface area contributed by atoms with E-state index in [0.717, 1.165) is 22.4 Å². The summed E-state index contributed by atoms with van der Waals surface area (Å²) in [7, 11) is 0. The molecular weight excluding hydrogens is 263 g/mol. The molecule has 1 aliphatic carbocycles. The van der Waals surface area contributed by atoms with Crippen LogP contribution in [-0.4, -0.2) is 5.11 Å². The predicted octanol–water partition coefficient (Wildman–Crippen LogP) is 3.94. The third kappa shape index (κ3) is 2.50. The zero-order valence-electron chi connectivity index (χ0n) is 7.71. The molecule has 1 atom stereocenters. The minimum absolute atomic E-state index is 0.353. The lowest BCUT2D eigenvalue weighted by molar-refractivity contribution is 0.159. The van der Waals surface area contributed by atoms with E-state index in [9.17, 15) is 5.11 Å². The second kappa shape index (κ2) is 4.21. The maximum atomic E-state index is 9.93. The molecule has 1 aromatic carbocycles. The monoisotopic (exact) mass is 274 g/mol. The third-order valence-electron chi connectivity index (χ3n) is 2.58. The SMILES string of the molecule is OC(CC1CC1)c1ccc(Cl)cc1Br. The van der Waals surface area contributed by atoms with Gasteiger partial charge in [0.2, 0.25) is 0 Å². The van der Waals surface area contributed by atoms with Crippen molar-refractivity contribution in [3.63, 3.8) is 0 Å². The molecule has 1 nitrogen and oxygen atoms in total. The Kier molecular flexibility index (Phi) is 3.15. The molecule has 0 heterocycles. The maximum Gasteiger partial charge on any atom is 0.0803 e. The van der Waals surface area contributed by atoms with E-state index >= 15 is 0 Å². The summed E-state index contributed by atoms with van der Waals surface area (Å²) < 4.78 is 0.901. The Hall–Kier alpha value is -0.0500. The van der Waals surface area contributed by atoms with Gasteiger partial charge in [-0.25, -0.2) is 0 Å². The highest BCUT2D eigenvalue weighted by atomic mass is 79.9. The van der Waals surface area contributed by atoms with Crippen molar-refractivity contribution >= 4 is 27.5 Å². The molecule has 0 spiro atoms. The first kappa shape index (κ1) is 10.5. The lowest BCUT2D eigenvalue weighted by atomic mass is 10.0. The van der Waals surface area contributed by atoms with E-state index in [2.05, 4.69) is 15.9 Å². The van der Waals surface area contributed by atoms with Crippen molar-refractivity contribution in [2.45, 2.75) is 25.4 Å². The normalized spacial score (nSPS) is 18.2. The molecule has 0 bridgehead atoms. The van der Waals surface area contributed by atoms with Crippen LogP contribution in [0.15, 0.2) is 22.7 Å². The molecule has 0 saturated heterocycles. The average Bonchev–Trinajstić information content (AvgIpc) is 2.87. The van der Waals surface area contributed by atoms with E-state index in [1.807, 2.05) is 18.2 Å². The van der Waals surface area contributed by atoms with Crippen molar-refractivity contribution in [2.75, 3.05) is 0 Å². The van der Waals surface area contributed by atoms with Crippen LogP contribution in [0.2, 0.25) is 5.02 Å². The first-order valence-corrected chi connectivity index (χ1v) is 5.97. The number of halogens is 2. The second-order valence-electron chi connectivity index (χ2n) is 3.86. The Morgan fingerprint density at radius 3 is 2.79 bits per heavy atom. The Balaban J connectivity index is 2.13. The molecule has 0 amide bonds. The molecule has 0 aromatic heterocycles. The molecule has 1 aliphatic rings. The molecule has 1 aromatic rings. The number of aliphatic hydroxyl groups is 1. The van der Waals surface area contributed by atoms with Crippen LogP contribution < -0.4 is 0 Å². The first-order chi connectivity index (χ1) is 6.66. The van der Waals surface area contributed by atoms with Crippen molar-refractivity contribution in [3.05, 3.63) is 33.3 Å². The fourth-order valence-corrected chi connectivity index (χ4v) is 2.51. The standard InChI is InChI=1S/C11H12BrClO/c12-10-6-8(13)3-4-9(10)11(14)5-7-1-2-7/h3-4,6-7,11,14H,1-2,5H2. The number of hydrogen-bond acceptors (Lipinski definition) is 1. The van der Waals surface area contributed by atoms with Crippen LogP contribution in [0.5, 0.6) is 0 Å². The molecule has 1 fully saturated rings. The van der Waals surface area contributed by atoms with Crippen LogP contribution in [0.3, 0.4) is 0 Å². The highest BCUT2D eigenvalue weighted by Gasteiger charge is 2.25. The smallest absolute Gasteiger partial charge is 0.0803 e. The minimum atomic E-state index is -0.353. The first-order valence-electron chi connectivity index (χ1n) is 4.80. The molecule has 0 aliphatic heterocycles. The fourth-order valence-electron chi connectivity index (χ4n) is 1.57. The number of rotatable bonds is 3. The zero-order valence-corrected chi connectivity index (χ0v) is 10.1. The van der Waals surface area contributed by atoms with Crippen LogP contribution >= 0.6 is 27.5 Å². The van der Waals surface area contributed by atoms with Gasteiger partial charge in [-0.05, 0) is 30.0 Å². The van der Waals surface area contributed by atoms with Gasteiger partial charge in [0.15, 0.2) is 0 Å². The maximum absolute atomic E-state index is 9.93. The van der Waals surface area contributed by atoms with Gasteiger partial charge in [-0.2, -0.15) is 0 Å². The van der Waals surface area contributed by atoms with Crippen molar-refractivity contribution in [1.82, 2.24) is 0 Å². The minimum Gasteiger partial charge on any atom is -0.388 e. The van der Waals surface area contributed by atoms with Gasteiger partial charge in [0.05, 0.1) is 6.10 Å². The van der Waals surface area contributed by atoms with Gasteiger partial charge in [0.1, 0.15) is 0 Å². The van der Waals surface area contributed by atoms with Crippen molar-refractivity contribution in [2.24, 2.45) is 5.92 Å². The van der Waals surface area contributed by atoms with Crippen molar-refractivity contribution in [1.29, 1.82) is 0 Å². The lowest BCUT2D eigenvalue weighted by Crippen LogP contribution is -1.99. The number of hydrogen-bond donors (Lipinski definition) is 1. The summed E-state index contributed by atoms with van der Waals surface area (Å²) in [5.41, 5.74) is 0.946. The predicted molar refractivity (Wildman–Crippen MR) is 61.5 cm³/mol. The van der Waals surface area contributed by atoms with Gasteiger partial charge in [-0.15, -0.1) is 0 Å². The Labute approximate surface area is 97.2 Å². The Bertz CT molecular complexity index is 336. The number of benzene rings is 1. The van der Waals surface area contributed by atoms with E-state index in [4.69, 9.17) is 11.6 Å². The molecule has 76 valence electrons. The molecule has 2 rings (SSSR count). The summed E-state index contributed by atoms with van der Waals surface area (Å²) in [6.07, 6.45) is 3.05. The zero-order chi connectivity index (χ0) is 10.1. The van der Waals surface area contributed by atoms with E-state index in [1.54, 1.807) is 0 Å². The van der Waals surface area contributed by atoms with Crippen molar-refractivity contribution < 1.29 is 5.11 Å². The largest absolute Gasteiger partial charge is 0.388 e. The van der Waals surface area contributed by atoms with Crippen LogP contribution in [0.1, 0.15) is 30.9 Å². The summed E-state index contributed by atoms with van der Waals surface area (Å²) in [6.45, 7) is 0. The summed E-state index contributed by atoms with van der Waals surface area (Å²) >= 11 is 9.24. The average molecular weight is 276 g/mol. The second-order valence-corrected chi connectivity index (χ2v) is 5.15. The fraction of sp³-hybridized carbons (Fsp3) is 0.455. The highest BCUT2D eigenvalue weighted by molar-refractivity contribution is 9.10. The molecule has 14 heavy (non-hydrogen) atoms. The third-order valence-corrected chi connectivity index (χ3v) is 3.50. The van der Waals surface area contributed by atoms with Gasteiger partial charge < -0.3 is 5.11 Å². The van der Waals surface area contributed by atoms with Gasteiger partial charge in [0.25, 0.3) is 0 Å². The van der Waals surface area contributed by atoms with Crippen LogP contribution in [0.25, 0.3) is 0 Å². The molecular formula is C11H12BrClO. The van der Waals surface area contributed by atoms with Crippen LogP contribution in [0.4, 0.5) is 0 Å². The van der Waals surface area contributed by atoms with Gasteiger partial charge in [-0.3, -0.25) is 0 Å². The Morgan fingerprint density at radius 1 is 1.50 bits per heavy atom. The van der Waals surface area contributed by atoms with Crippen LogP contribution in [0, 0.1) is 5.92 Å². The number of aliphatic hydroxyl groups excluding tert-OH is 1. The van der Waals surface area contributed by atoms with Gasteiger partial charge in [-0.1, -0.05) is 46.4 Å². The van der Waals surface area contributed by atoms with E-state index in [-0.39, 0.29) is 6.10 Å². The van der Waals surface area contributed by atoms with Crippen LogP contribution in [-0.2, 0) is 0 Å². The van der Waals surface area contributed by atoms with E-state index < -0.39 is 0 Å². The molecule has 1 unspecified atom stereocenters. The Morgan fingerprint density at radius 2 is 2.21 bits per heavy atom. The van der Waals surface area contributed by atoms with E-state index in [1.165, 1.54) is 12.8 Å². The molecule has 1 saturated carbocycles. The molecule has 0 radical (unpaired) electrons. The van der Waals surface area contributed by atoms with Gasteiger partial charge in [0, 0.05) is 9.50 Å². The van der Waals surface area contributed by atoms with Gasteiger partial charge >= 0.3 is 0 Å². The van der Waals surface area contributed by atoms with Crippen molar-refractivity contribution in [3.8, 4) is 0 Å². The lowest BCUT2D eigenvalue weighted by Gasteiger charge is -2.12. The van der Waals surface area contributed by atoms with E-state index in [0.29, 0.717) is 5.02 Å². The topological polar surface area (TPSA) is 20.2 Å². The summed E-state index contributed by atoms with van der Waals surface area (Å²) in [6, 6.07) is 5.53. The summed E-state index contributed by atoms with van der Waals surface area (Å²) in [5, 5.41) is 10.6. The summed E-state index contributed by atoms with van der Waals surface area (Å²) in [5.74, 6) is 0.729. The quantitative estimate of drug-likeness (QED) is 0.886. The molecule has 1 N–H and O–H groups in total. The molecule has 3 heteroatoms. The highest BCUT2D eigenvalue weighted by Crippen LogP contribution is 2.39.